The van der Waals surface area contributed by atoms with Crippen molar-refractivity contribution in [2.75, 3.05) is 0 Å². The summed E-state index contributed by atoms with van der Waals surface area (Å²) >= 11 is 6.18. The molecule has 0 aliphatic heterocycles. The number of halogens is 1. The first kappa shape index (κ1) is 24.2. The summed E-state index contributed by atoms with van der Waals surface area (Å²) in [6.07, 6.45) is 1.31. The van der Waals surface area contributed by atoms with E-state index in [0.29, 0.717) is 30.2 Å². The maximum absolute atomic E-state index is 12.8. The summed E-state index contributed by atoms with van der Waals surface area (Å²) in [6, 6.07) is 30.0. The van der Waals surface area contributed by atoms with Gasteiger partial charge in [-0.25, -0.2) is 4.79 Å². The lowest BCUT2D eigenvalue weighted by molar-refractivity contribution is -0.118. The molecule has 4 nitrogen and oxygen atoms in total. The molecule has 0 aliphatic carbocycles. The van der Waals surface area contributed by atoms with Gasteiger partial charge in [-0.15, -0.1) is 0 Å². The zero-order chi connectivity index (χ0) is 24.6. The molecule has 4 rings (SSSR count). The van der Waals surface area contributed by atoms with Crippen molar-refractivity contribution in [1.29, 1.82) is 0 Å². The van der Waals surface area contributed by atoms with E-state index in [1.165, 1.54) is 0 Å². The number of hydrogen-bond acceptors (Lipinski definition) is 3. The molecule has 0 atom stereocenters. The fourth-order valence-corrected chi connectivity index (χ4v) is 4.01. The first-order chi connectivity index (χ1) is 17.0. The van der Waals surface area contributed by atoms with Crippen molar-refractivity contribution in [3.8, 4) is 16.9 Å². The highest BCUT2D eigenvalue weighted by Gasteiger charge is 2.11. The molecule has 35 heavy (non-hydrogen) atoms. The van der Waals surface area contributed by atoms with Crippen LogP contribution in [0.5, 0.6) is 5.75 Å². The topological polar surface area (TPSA) is 63.6 Å². The summed E-state index contributed by atoms with van der Waals surface area (Å²) in [5.41, 5.74) is 5.12. The van der Waals surface area contributed by atoms with Gasteiger partial charge >= 0.3 is 5.97 Å². The lowest BCUT2D eigenvalue weighted by atomic mass is 9.99. The Bertz CT molecular complexity index is 1300. The van der Waals surface area contributed by atoms with E-state index in [2.05, 4.69) is 0 Å². The highest BCUT2D eigenvalue weighted by Crippen LogP contribution is 2.26. The van der Waals surface area contributed by atoms with Crippen LogP contribution in [0.25, 0.3) is 11.1 Å². The molecule has 0 spiro atoms. The Morgan fingerprint density at radius 3 is 2.09 bits per heavy atom. The zero-order valence-electron chi connectivity index (χ0n) is 19.1. The van der Waals surface area contributed by atoms with Gasteiger partial charge in [-0.3, -0.25) is 4.79 Å². The molecule has 4 aromatic rings. The van der Waals surface area contributed by atoms with E-state index < -0.39 is 5.97 Å². The molecule has 0 heterocycles. The second kappa shape index (κ2) is 11.5. The summed E-state index contributed by atoms with van der Waals surface area (Å²) in [7, 11) is 0. The van der Waals surface area contributed by atoms with Gasteiger partial charge in [-0.1, -0.05) is 78.3 Å². The number of carbonyl (C=O) groups excluding carboxylic acids is 1. The second-order valence-corrected chi connectivity index (χ2v) is 8.76. The number of carboxylic acid groups (broad SMARTS) is 1. The highest BCUT2D eigenvalue weighted by atomic mass is 35.5. The Labute approximate surface area is 209 Å². The normalized spacial score (nSPS) is 10.7. The first-order valence-corrected chi connectivity index (χ1v) is 11.8. The van der Waals surface area contributed by atoms with Crippen LogP contribution in [0.3, 0.4) is 0 Å². The lowest BCUT2D eigenvalue weighted by Gasteiger charge is -2.12. The Morgan fingerprint density at radius 2 is 1.43 bits per heavy atom. The summed E-state index contributed by atoms with van der Waals surface area (Å²) in [5, 5.41) is 9.62. The number of ether oxygens (including phenoxy) is 1. The standard InChI is InChI=1S/C30H25ClO4/c31-27-15-17-29(35-20-22-4-2-1-3-5-22)26(18-27)19-28(32)16-8-21-6-9-23(10-7-21)24-11-13-25(14-12-24)30(33)34/h1-7,9-15,17-18H,8,16,19-20H2,(H,33,34). The van der Waals surface area contributed by atoms with Gasteiger partial charge in [-0.05, 0) is 59.0 Å². The molecule has 0 aromatic heterocycles. The van der Waals surface area contributed by atoms with Crippen LogP contribution in [0, 0.1) is 0 Å². The first-order valence-electron chi connectivity index (χ1n) is 11.4. The van der Waals surface area contributed by atoms with E-state index >= 15 is 0 Å². The van der Waals surface area contributed by atoms with Crippen molar-refractivity contribution in [2.45, 2.75) is 25.9 Å². The van der Waals surface area contributed by atoms with Crippen LogP contribution in [0.15, 0.2) is 97.1 Å². The van der Waals surface area contributed by atoms with Crippen LogP contribution in [-0.2, 0) is 24.2 Å². The molecule has 0 fully saturated rings. The van der Waals surface area contributed by atoms with Crippen molar-refractivity contribution >= 4 is 23.4 Å². The smallest absolute Gasteiger partial charge is 0.335 e. The molecule has 0 saturated heterocycles. The van der Waals surface area contributed by atoms with Gasteiger partial charge < -0.3 is 9.84 Å². The molecule has 0 amide bonds. The van der Waals surface area contributed by atoms with Crippen LogP contribution in [-0.4, -0.2) is 16.9 Å². The molecule has 4 aromatic carbocycles. The number of carboxylic acids is 1. The fraction of sp³-hybridized carbons (Fsp3) is 0.133. The van der Waals surface area contributed by atoms with Crippen LogP contribution >= 0.6 is 11.6 Å². The van der Waals surface area contributed by atoms with E-state index in [0.717, 1.165) is 27.8 Å². The predicted octanol–water partition coefficient (Wildman–Crippen LogP) is 7.03. The van der Waals surface area contributed by atoms with E-state index in [1.807, 2.05) is 60.7 Å². The average molecular weight is 485 g/mol. The monoisotopic (exact) mass is 484 g/mol. The Balaban J connectivity index is 1.34. The van der Waals surface area contributed by atoms with Crippen LogP contribution in [0.2, 0.25) is 5.02 Å². The van der Waals surface area contributed by atoms with Crippen LogP contribution in [0.1, 0.15) is 33.5 Å². The van der Waals surface area contributed by atoms with Crippen molar-refractivity contribution in [3.05, 3.63) is 124 Å². The van der Waals surface area contributed by atoms with E-state index in [1.54, 1.807) is 36.4 Å². The molecular formula is C30H25ClO4. The summed E-state index contributed by atoms with van der Waals surface area (Å²) in [6.45, 7) is 0.426. The zero-order valence-corrected chi connectivity index (χ0v) is 19.9. The predicted molar refractivity (Wildman–Crippen MR) is 138 cm³/mol. The largest absolute Gasteiger partial charge is 0.489 e. The molecular weight excluding hydrogens is 460 g/mol. The minimum Gasteiger partial charge on any atom is -0.489 e. The lowest BCUT2D eigenvalue weighted by Crippen LogP contribution is -2.07. The van der Waals surface area contributed by atoms with Gasteiger partial charge in [0, 0.05) is 23.4 Å². The quantitative estimate of drug-likeness (QED) is 0.262. The van der Waals surface area contributed by atoms with Gasteiger partial charge in [-0.2, -0.15) is 0 Å². The van der Waals surface area contributed by atoms with Crippen LogP contribution in [0.4, 0.5) is 0 Å². The van der Waals surface area contributed by atoms with E-state index in [4.69, 9.17) is 21.4 Å². The Morgan fingerprint density at radius 1 is 0.771 bits per heavy atom. The molecule has 0 unspecified atom stereocenters. The van der Waals surface area contributed by atoms with Gasteiger partial charge in [0.05, 0.1) is 5.56 Å². The number of ketones is 1. The van der Waals surface area contributed by atoms with E-state index in [-0.39, 0.29) is 17.8 Å². The molecule has 0 aliphatic rings. The van der Waals surface area contributed by atoms with Gasteiger partial charge in [0.15, 0.2) is 0 Å². The molecule has 0 saturated carbocycles. The number of aromatic carboxylic acids is 1. The molecule has 0 radical (unpaired) electrons. The minimum absolute atomic E-state index is 0.116. The van der Waals surface area contributed by atoms with E-state index in [9.17, 15) is 9.59 Å². The third-order valence-electron chi connectivity index (χ3n) is 5.76. The van der Waals surface area contributed by atoms with Gasteiger partial charge in [0.2, 0.25) is 0 Å². The third-order valence-corrected chi connectivity index (χ3v) is 5.99. The second-order valence-electron chi connectivity index (χ2n) is 8.32. The van der Waals surface area contributed by atoms with Crippen molar-refractivity contribution < 1.29 is 19.4 Å². The number of aryl methyl sites for hydroxylation is 1. The highest BCUT2D eigenvalue weighted by molar-refractivity contribution is 6.30. The maximum atomic E-state index is 12.8. The number of benzene rings is 4. The number of rotatable bonds is 10. The third kappa shape index (κ3) is 6.81. The van der Waals surface area contributed by atoms with Crippen molar-refractivity contribution in [1.82, 2.24) is 0 Å². The summed E-state index contributed by atoms with van der Waals surface area (Å²) in [4.78, 5) is 23.8. The maximum Gasteiger partial charge on any atom is 0.335 e. The Hall–Kier alpha value is -3.89. The Kier molecular flexibility index (Phi) is 7.96. The number of carbonyl (C=O) groups is 2. The van der Waals surface area contributed by atoms with Crippen LogP contribution < -0.4 is 4.74 Å². The summed E-state index contributed by atoms with van der Waals surface area (Å²) < 4.78 is 5.97. The average Bonchev–Trinajstić information content (AvgIpc) is 2.88. The van der Waals surface area contributed by atoms with Crippen molar-refractivity contribution in [2.24, 2.45) is 0 Å². The number of Topliss-reactive ketones (excluding diaryl/α,β-unsaturated/α-hetero) is 1. The minimum atomic E-state index is -0.941. The molecule has 1 N–H and O–H groups in total. The summed E-state index contributed by atoms with van der Waals surface area (Å²) in [5.74, 6) is -0.153. The SMILES string of the molecule is O=C(CCc1ccc(-c2ccc(C(=O)O)cc2)cc1)Cc1cc(Cl)ccc1OCc1ccccc1. The van der Waals surface area contributed by atoms with Crippen molar-refractivity contribution in [3.63, 3.8) is 0 Å². The van der Waals surface area contributed by atoms with Gasteiger partial charge in [0.25, 0.3) is 0 Å². The fourth-order valence-electron chi connectivity index (χ4n) is 3.82. The molecule has 176 valence electrons. The molecule has 5 heteroatoms. The number of hydrogen-bond donors (Lipinski definition) is 1. The molecule has 0 bridgehead atoms. The van der Waals surface area contributed by atoms with Gasteiger partial charge in [0.1, 0.15) is 18.1 Å².